The average molecular weight is 273 g/mol. The van der Waals surface area contributed by atoms with Crippen molar-refractivity contribution in [1.82, 2.24) is 9.88 Å². The van der Waals surface area contributed by atoms with Gasteiger partial charge in [0.25, 0.3) is 0 Å². The van der Waals surface area contributed by atoms with E-state index in [1.165, 1.54) is 0 Å². The number of carbonyl (C=O) groups is 1. The maximum absolute atomic E-state index is 12.8. The van der Waals surface area contributed by atoms with E-state index in [2.05, 4.69) is 4.98 Å². The molecule has 1 amide bonds. The Labute approximate surface area is 120 Å². The average Bonchev–Trinajstić information content (AvgIpc) is 3.30. The highest BCUT2D eigenvalue weighted by atomic mass is 16.2. The molecule has 2 aliphatic rings. The monoisotopic (exact) mass is 273 g/mol. The van der Waals surface area contributed by atoms with Crippen molar-refractivity contribution in [3.05, 3.63) is 30.1 Å². The topological polar surface area (TPSA) is 59.2 Å². The van der Waals surface area contributed by atoms with Crippen molar-refractivity contribution in [1.29, 1.82) is 0 Å². The highest BCUT2D eigenvalue weighted by Crippen LogP contribution is 2.33. The van der Waals surface area contributed by atoms with Gasteiger partial charge in [-0.05, 0) is 37.3 Å². The predicted octanol–water partition coefficient (Wildman–Crippen LogP) is 2.09. The number of aromatic nitrogens is 1. The van der Waals surface area contributed by atoms with Gasteiger partial charge in [-0.15, -0.1) is 0 Å². The summed E-state index contributed by atoms with van der Waals surface area (Å²) >= 11 is 0. The van der Waals surface area contributed by atoms with Gasteiger partial charge in [0.2, 0.25) is 5.91 Å². The second kappa shape index (κ2) is 5.92. The summed E-state index contributed by atoms with van der Waals surface area (Å²) in [5, 5.41) is 0. The van der Waals surface area contributed by atoms with E-state index in [4.69, 9.17) is 5.73 Å². The molecule has 20 heavy (non-hydrogen) atoms. The SMILES string of the molecule is NC1CCCCC1C(=O)N(Cc1cccnc1)C1CC1. The van der Waals surface area contributed by atoms with Crippen LogP contribution in [0.2, 0.25) is 0 Å². The molecule has 4 nitrogen and oxygen atoms in total. The molecule has 0 bridgehead atoms. The van der Waals surface area contributed by atoms with Crippen LogP contribution in [0.5, 0.6) is 0 Å². The second-order valence-corrected chi connectivity index (χ2v) is 6.11. The molecule has 2 aliphatic carbocycles. The third-order valence-electron chi connectivity index (χ3n) is 4.48. The Hall–Kier alpha value is -1.42. The number of carbonyl (C=O) groups excluding carboxylic acids is 1. The first kappa shape index (κ1) is 13.6. The van der Waals surface area contributed by atoms with Gasteiger partial charge in [0.15, 0.2) is 0 Å². The van der Waals surface area contributed by atoms with Crippen molar-refractivity contribution < 1.29 is 4.79 Å². The molecule has 2 fully saturated rings. The van der Waals surface area contributed by atoms with Crippen molar-refractivity contribution >= 4 is 5.91 Å². The summed E-state index contributed by atoms with van der Waals surface area (Å²) in [5.41, 5.74) is 7.28. The normalized spacial score (nSPS) is 26.2. The summed E-state index contributed by atoms with van der Waals surface area (Å²) < 4.78 is 0. The van der Waals surface area contributed by atoms with E-state index in [0.717, 1.165) is 44.1 Å². The molecular weight excluding hydrogens is 250 g/mol. The van der Waals surface area contributed by atoms with Crippen LogP contribution in [0.1, 0.15) is 44.1 Å². The van der Waals surface area contributed by atoms with Gasteiger partial charge in [0.05, 0.1) is 5.92 Å². The molecule has 3 rings (SSSR count). The number of nitrogens with zero attached hydrogens (tertiary/aromatic N) is 2. The quantitative estimate of drug-likeness (QED) is 0.914. The summed E-state index contributed by atoms with van der Waals surface area (Å²) in [6.45, 7) is 0.681. The van der Waals surface area contributed by atoms with Crippen LogP contribution in [0.15, 0.2) is 24.5 Å². The number of pyridine rings is 1. The molecule has 2 atom stereocenters. The zero-order valence-corrected chi connectivity index (χ0v) is 11.9. The van der Waals surface area contributed by atoms with Crippen LogP contribution >= 0.6 is 0 Å². The van der Waals surface area contributed by atoms with Gasteiger partial charge in [0.1, 0.15) is 0 Å². The number of amides is 1. The van der Waals surface area contributed by atoms with Crippen LogP contribution in [0.25, 0.3) is 0 Å². The first-order valence-corrected chi connectivity index (χ1v) is 7.70. The van der Waals surface area contributed by atoms with Crippen LogP contribution in [-0.2, 0) is 11.3 Å². The number of hydrogen-bond donors (Lipinski definition) is 1. The van der Waals surface area contributed by atoms with Crippen molar-refractivity contribution in [2.75, 3.05) is 0 Å². The maximum Gasteiger partial charge on any atom is 0.227 e. The smallest absolute Gasteiger partial charge is 0.227 e. The van der Waals surface area contributed by atoms with E-state index in [9.17, 15) is 4.79 Å². The standard InChI is InChI=1S/C16H23N3O/c17-15-6-2-1-5-14(15)16(20)19(13-7-8-13)11-12-4-3-9-18-10-12/h3-4,9-10,13-15H,1-2,5-8,11,17H2. The van der Waals surface area contributed by atoms with Crippen LogP contribution < -0.4 is 5.73 Å². The van der Waals surface area contributed by atoms with Crippen molar-refractivity contribution in [3.8, 4) is 0 Å². The number of nitrogens with two attached hydrogens (primary N) is 1. The first-order valence-electron chi connectivity index (χ1n) is 7.70. The van der Waals surface area contributed by atoms with Gasteiger partial charge < -0.3 is 10.6 Å². The third kappa shape index (κ3) is 3.01. The van der Waals surface area contributed by atoms with Crippen molar-refractivity contribution in [3.63, 3.8) is 0 Å². The Morgan fingerprint density at radius 3 is 2.75 bits per heavy atom. The van der Waals surface area contributed by atoms with Crippen molar-refractivity contribution in [2.45, 2.75) is 57.2 Å². The minimum atomic E-state index is 0.0287. The van der Waals surface area contributed by atoms with E-state index in [1.54, 1.807) is 6.20 Å². The molecule has 0 spiro atoms. The molecule has 0 saturated heterocycles. The molecule has 4 heteroatoms. The summed E-state index contributed by atoms with van der Waals surface area (Å²) in [7, 11) is 0. The minimum Gasteiger partial charge on any atom is -0.335 e. The molecule has 2 unspecified atom stereocenters. The fourth-order valence-corrected chi connectivity index (χ4v) is 3.14. The lowest BCUT2D eigenvalue weighted by Gasteiger charge is -2.33. The lowest BCUT2D eigenvalue weighted by Crippen LogP contribution is -2.46. The van der Waals surface area contributed by atoms with E-state index in [0.29, 0.717) is 12.6 Å². The molecule has 1 aromatic rings. The molecule has 108 valence electrons. The minimum absolute atomic E-state index is 0.0287. The summed E-state index contributed by atoms with van der Waals surface area (Å²) in [4.78, 5) is 19.0. The van der Waals surface area contributed by atoms with Crippen LogP contribution in [0.3, 0.4) is 0 Å². The van der Waals surface area contributed by atoms with Gasteiger partial charge in [-0.3, -0.25) is 9.78 Å². The molecule has 0 aromatic carbocycles. The van der Waals surface area contributed by atoms with Gasteiger partial charge in [0, 0.05) is 31.0 Å². The summed E-state index contributed by atoms with van der Waals surface area (Å²) in [5.74, 6) is 0.296. The Bertz CT molecular complexity index is 458. The summed E-state index contributed by atoms with van der Waals surface area (Å²) in [6, 6.07) is 4.44. The maximum atomic E-state index is 12.8. The van der Waals surface area contributed by atoms with Gasteiger partial charge in [-0.2, -0.15) is 0 Å². The highest BCUT2D eigenvalue weighted by Gasteiger charge is 2.38. The second-order valence-electron chi connectivity index (χ2n) is 6.11. The number of hydrogen-bond acceptors (Lipinski definition) is 3. The Morgan fingerprint density at radius 2 is 2.10 bits per heavy atom. The van der Waals surface area contributed by atoms with E-state index in [-0.39, 0.29) is 17.9 Å². The molecular formula is C16H23N3O. The molecule has 1 aromatic heterocycles. The van der Waals surface area contributed by atoms with Crippen molar-refractivity contribution in [2.24, 2.45) is 11.7 Å². The van der Waals surface area contributed by atoms with E-state index < -0.39 is 0 Å². The van der Waals surface area contributed by atoms with Crippen LogP contribution in [-0.4, -0.2) is 27.9 Å². The Morgan fingerprint density at radius 1 is 1.30 bits per heavy atom. The fraction of sp³-hybridized carbons (Fsp3) is 0.625. The van der Waals surface area contributed by atoms with Crippen LogP contribution in [0.4, 0.5) is 0 Å². The lowest BCUT2D eigenvalue weighted by atomic mass is 9.84. The fourth-order valence-electron chi connectivity index (χ4n) is 3.14. The first-order chi connectivity index (χ1) is 9.75. The summed E-state index contributed by atoms with van der Waals surface area (Å²) in [6.07, 6.45) is 10.1. The molecule has 2 N–H and O–H groups in total. The zero-order chi connectivity index (χ0) is 13.9. The lowest BCUT2D eigenvalue weighted by molar-refractivity contribution is -0.138. The Balaban J connectivity index is 1.71. The molecule has 0 aliphatic heterocycles. The molecule has 0 radical (unpaired) electrons. The third-order valence-corrected chi connectivity index (χ3v) is 4.48. The highest BCUT2D eigenvalue weighted by molar-refractivity contribution is 5.80. The van der Waals surface area contributed by atoms with E-state index >= 15 is 0 Å². The number of rotatable bonds is 4. The van der Waals surface area contributed by atoms with Crippen LogP contribution in [0, 0.1) is 5.92 Å². The molecule has 1 heterocycles. The zero-order valence-electron chi connectivity index (χ0n) is 11.9. The Kier molecular flexibility index (Phi) is 4.01. The van der Waals surface area contributed by atoms with E-state index in [1.807, 2.05) is 23.2 Å². The van der Waals surface area contributed by atoms with Gasteiger partial charge in [-0.1, -0.05) is 18.9 Å². The van der Waals surface area contributed by atoms with Gasteiger partial charge >= 0.3 is 0 Å². The predicted molar refractivity (Wildman–Crippen MR) is 77.7 cm³/mol. The van der Waals surface area contributed by atoms with Gasteiger partial charge in [-0.25, -0.2) is 0 Å². The largest absolute Gasteiger partial charge is 0.335 e. The molecule has 2 saturated carbocycles.